The number of rotatable bonds is 16. The number of β-lactam (4-membered cyclic amide) rings is 2. The van der Waals surface area contributed by atoms with Crippen LogP contribution in [-0.2, 0) is 52.5 Å². The molecule has 2 fully saturated rings. The van der Waals surface area contributed by atoms with E-state index in [-0.39, 0.29) is 49.1 Å². The standard InChI is InChI=1S/C52H56F4N14O6/c1-8-36(31-19-26(2)40(54)27(3)20-31)63-51(75)69-43(33(46(69)71)21-28-13-15-59-38(57)23-28)48(73)66(5)45-30(25-62-68(45)7)9-12-37(32-10-11-35(53)42(56)41(32)55)64-52(76)70-44(49(74)67(6)50-61-17-18-65(50)4)34(47(70)72)22-29-14-16-60-39(58)24-29/h10-11,13-20,23-25,33-34,36-37,43-44H,8-9,12,21-22H2,1-7H3,(H2,57,59)(H2,58,60)(H,63,75)(H,64,76)/t33-,34-,36-,37-,43+,44+/m1/s1. The Morgan fingerprint density at radius 2 is 1.25 bits per heavy atom. The highest BCUT2D eigenvalue weighted by atomic mass is 19.2. The number of hydrogen-bond donors (Lipinski definition) is 4. The van der Waals surface area contributed by atoms with Crippen LogP contribution < -0.4 is 31.9 Å². The molecule has 76 heavy (non-hydrogen) atoms. The number of imide groups is 2. The molecule has 6 atom stereocenters. The van der Waals surface area contributed by atoms with Crippen molar-refractivity contribution in [2.24, 2.45) is 25.9 Å². The minimum Gasteiger partial charge on any atom is -0.384 e. The van der Waals surface area contributed by atoms with E-state index >= 15 is 8.78 Å². The number of nitrogen functional groups attached to an aromatic ring is 2. The van der Waals surface area contributed by atoms with Gasteiger partial charge in [0.1, 0.15) is 35.4 Å². The number of aromatic nitrogens is 6. The number of nitrogens with one attached hydrogen (secondary N) is 2. The topological polar surface area (TPSA) is 253 Å². The lowest BCUT2D eigenvalue weighted by atomic mass is 9.81. The third-order valence-corrected chi connectivity index (χ3v) is 14.0. The van der Waals surface area contributed by atoms with Crippen molar-refractivity contribution in [1.82, 2.24) is 49.7 Å². The number of likely N-dealkylation sites (tertiary alicyclic amines) is 2. The molecule has 24 heteroatoms. The summed E-state index contributed by atoms with van der Waals surface area (Å²) in [6.07, 6.45) is 7.21. The summed E-state index contributed by atoms with van der Waals surface area (Å²) in [5.74, 6) is -9.66. The van der Waals surface area contributed by atoms with Crippen molar-refractivity contribution in [3.63, 3.8) is 0 Å². The molecule has 0 spiro atoms. The van der Waals surface area contributed by atoms with E-state index in [4.69, 9.17) is 11.5 Å². The van der Waals surface area contributed by atoms with Gasteiger partial charge in [-0.2, -0.15) is 5.10 Å². The number of likely N-dealkylation sites (N-methyl/N-ethyl adjacent to an activating group) is 2. The molecule has 0 aliphatic carbocycles. The zero-order valence-corrected chi connectivity index (χ0v) is 42.6. The summed E-state index contributed by atoms with van der Waals surface area (Å²) in [4.78, 5) is 102. The Hall–Kier alpha value is -8.70. The second kappa shape index (κ2) is 21.6. The van der Waals surface area contributed by atoms with Crippen molar-refractivity contribution in [1.29, 1.82) is 0 Å². The van der Waals surface area contributed by atoms with Crippen molar-refractivity contribution in [3.8, 4) is 0 Å². The fourth-order valence-corrected chi connectivity index (χ4v) is 10.1. The Bertz CT molecular complexity index is 3250. The van der Waals surface area contributed by atoms with Gasteiger partial charge in [0, 0.05) is 64.1 Å². The van der Waals surface area contributed by atoms with Gasteiger partial charge < -0.3 is 26.7 Å². The van der Waals surface area contributed by atoms with Crippen LogP contribution in [0.4, 0.5) is 50.6 Å². The van der Waals surface area contributed by atoms with Gasteiger partial charge >= 0.3 is 12.1 Å². The molecule has 6 heterocycles. The minimum atomic E-state index is -1.83. The highest BCUT2D eigenvalue weighted by Gasteiger charge is 2.57. The fraction of sp³-hybridized carbons (Fsp3) is 0.346. The average molecular weight is 1050 g/mol. The lowest BCUT2D eigenvalue weighted by Crippen LogP contribution is -2.70. The van der Waals surface area contributed by atoms with Gasteiger partial charge in [-0.1, -0.05) is 25.1 Å². The van der Waals surface area contributed by atoms with E-state index in [1.807, 2.05) is 0 Å². The van der Waals surface area contributed by atoms with Gasteiger partial charge in [-0.15, -0.1) is 0 Å². The molecule has 6 N–H and O–H groups in total. The maximum absolute atomic E-state index is 15.9. The zero-order chi connectivity index (χ0) is 55.0. The third kappa shape index (κ3) is 10.2. The third-order valence-electron chi connectivity index (χ3n) is 14.0. The van der Waals surface area contributed by atoms with E-state index in [2.05, 4.69) is 30.7 Å². The Balaban J connectivity index is 1.07. The number of aryl methyl sites for hydroxylation is 5. The maximum Gasteiger partial charge on any atom is 0.325 e. The van der Waals surface area contributed by atoms with Gasteiger partial charge in [-0.05, 0) is 104 Å². The largest absolute Gasteiger partial charge is 0.384 e. The number of benzene rings is 2. The van der Waals surface area contributed by atoms with Crippen LogP contribution in [0.3, 0.4) is 0 Å². The normalized spacial score (nSPS) is 17.9. The van der Waals surface area contributed by atoms with Gasteiger partial charge in [0.15, 0.2) is 17.5 Å². The molecular formula is C52H56F4N14O6. The molecule has 20 nitrogen and oxygen atoms in total. The van der Waals surface area contributed by atoms with E-state index in [9.17, 15) is 37.5 Å². The number of nitrogens with zero attached hydrogens (tertiary/aromatic N) is 10. The molecule has 2 aromatic carbocycles. The molecule has 0 saturated carbocycles. The van der Waals surface area contributed by atoms with Crippen LogP contribution in [0.15, 0.2) is 79.5 Å². The first-order valence-corrected chi connectivity index (χ1v) is 24.2. The Labute approximate surface area is 434 Å². The molecule has 0 radical (unpaired) electrons. The number of pyridine rings is 2. The minimum absolute atomic E-state index is 0.00304. The van der Waals surface area contributed by atoms with E-state index in [0.717, 1.165) is 11.0 Å². The van der Waals surface area contributed by atoms with Gasteiger partial charge in [0.25, 0.3) is 11.8 Å². The lowest BCUT2D eigenvalue weighted by molar-refractivity contribution is -0.156. The quantitative estimate of drug-likeness (QED) is 0.0548. The second-order valence-electron chi connectivity index (χ2n) is 19.0. The van der Waals surface area contributed by atoms with Crippen LogP contribution in [0.25, 0.3) is 0 Å². The summed E-state index contributed by atoms with van der Waals surface area (Å²) in [5.41, 5.74) is 14.1. The summed E-state index contributed by atoms with van der Waals surface area (Å²) in [5, 5.41) is 9.80. The number of imidazole rings is 1. The number of nitrogens with two attached hydrogens (primary N) is 2. The van der Waals surface area contributed by atoms with E-state index < -0.39 is 101 Å². The predicted molar refractivity (Wildman–Crippen MR) is 270 cm³/mol. The monoisotopic (exact) mass is 1050 g/mol. The van der Waals surface area contributed by atoms with Crippen LogP contribution in [0.1, 0.15) is 70.8 Å². The molecular weight excluding hydrogens is 993 g/mol. The van der Waals surface area contributed by atoms with Crippen molar-refractivity contribution < 1.29 is 46.3 Å². The van der Waals surface area contributed by atoms with Crippen molar-refractivity contribution in [2.45, 2.75) is 77.0 Å². The van der Waals surface area contributed by atoms with Crippen molar-refractivity contribution >= 4 is 59.1 Å². The molecule has 2 saturated heterocycles. The number of urea groups is 2. The van der Waals surface area contributed by atoms with E-state index in [1.54, 1.807) is 68.9 Å². The number of halogens is 4. The second-order valence-corrected chi connectivity index (χ2v) is 19.0. The summed E-state index contributed by atoms with van der Waals surface area (Å²) in [6.45, 7) is 5.00. The smallest absolute Gasteiger partial charge is 0.325 e. The molecule has 4 aromatic heterocycles. The van der Waals surface area contributed by atoms with E-state index in [1.165, 1.54) is 66.5 Å². The van der Waals surface area contributed by atoms with Crippen molar-refractivity contribution in [2.75, 3.05) is 35.4 Å². The number of carbonyl (C=O) groups is 6. The molecule has 398 valence electrons. The first-order chi connectivity index (χ1) is 36.1. The van der Waals surface area contributed by atoms with Crippen molar-refractivity contribution in [3.05, 3.63) is 142 Å². The lowest BCUT2D eigenvalue weighted by Gasteiger charge is -2.46. The first-order valence-electron chi connectivity index (χ1n) is 24.2. The number of carbonyl (C=O) groups excluding carboxylic acids is 6. The van der Waals surface area contributed by atoms with Gasteiger partial charge in [0.2, 0.25) is 17.8 Å². The zero-order valence-electron chi connectivity index (χ0n) is 42.6. The van der Waals surface area contributed by atoms with Crippen LogP contribution in [0, 0.1) is 49.0 Å². The number of anilines is 4. The summed E-state index contributed by atoms with van der Waals surface area (Å²) < 4.78 is 62.9. The molecule has 2 aliphatic rings. The maximum atomic E-state index is 15.9. The van der Waals surface area contributed by atoms with Crippen LogP contribution in [0.2, 0.25) is 0 Å². The first kappa shape index (κ1) is 53.6. The Morgan fingerprint density at radius 1 is 0.711 bits per heavy atom. The fourth-order valence-electron chi connectivity index (χ4n) is 10.1. The number of hydrogen-bond acceptors (Lipinski definition) is 12. The van der Waals surface area contributed by atoms with Gasteiger partial charge in [0.05, 0.1) is 30.1 Å². The van der Waals surface area contributed by atoms with Crippen LogP contribution >= 0.6 is 0 Å². The molecule has 8 amide bonds. The molecule has 0 unspecified atom stereocenters. The van der Waals surface area contributed by atoms with Gasteiger partial charge in [-0.25, -0.2) is 42.1 Å². The highest BCUT2D eigenvalue weighted by Crippen LogP contribution is 2.37. The summed E-state index contributed by atoms with van der Waals surface area (Å²) in [7, 11) is 5.99. The van der Waals surface area contributed by atoms with Crippen LogP contribution in [-0.4, -0.2) is 101 Å². The molecule has 6 aromatic rings. The predicted octanol–water partition coefficient (Wildman–Crippen LogP) is 5.29. The van der Waals surface area contributed by atoms with Gasteiger partial charge in [-0.3, -0.25) is 43.5 Å². The van der Waals surface area contributed by atoms with Crippen LogP contribution in [0.5, 0.6) is 0 Å². The number of amides is 8. The molecule has 8 rings (SSSR count). The summed E-state index contributed by atoms with van der Waals surface area (Å²) in [6, 6.07) is 4.12. The SMILES string of the molecule is CC[C@@H](NC(=O)N1C(=O)[C@H](Cc2ccnc(N)c2)[C@H]1C(=O)N(C)c1c(CC[C@@H](NC(=O)N2C(=O)[C@H](Cc3ccnc(N)c3)[C@H]2C(=O)N(C)c2nccn2C)c2ccc(F)c(F)c2F)cnn1C)c1cc(C)c(F)c(C)c1. The highest BCUT2D eigenvalue weighted by molar-refractivity contribution is 6.13. The summed E-state index contributed by atoms with van der Waals surface area (Å²) >= 11 is 0. The Morgan fingerprint density at radius 3 is 1.76 bits per heavy atom. The average Bonchev–Trinajstić information content (AvgIpc) is 4.06. The Kier molecular flexibility index (Phi) is 15.3. The molecule has 0 bridgehead atoms. The molecule has 2 aliphatic heterocycles. The van der Waals surface area contributed by atoms with E-state index in [0.29, 0.717) is 50.8 Å².